The topological polar surface area (TPSA) is 60.2 Å². The molecule has 0 aromatic heterocycles. The van der Waals surface area contributed by atoms with Gasteiger partial charge in [-0.3, -0.25) is 14.9 Å². The van der Waals surface area contributed by atoms with Crippen LogP contribution in [0.3, 0.4) is 0 Å². The summed E-state index contributed by atoms with van der Waals surface area (Å²) >= 11 is 0. The number of hydrogen-bond acceptors (Lipinski definition) is 3. The van der Waals surface area contributed by atoms with E-state index in [9.17, 15) is 14.9 Å². The molecule has 0 saturated carbocycles. The number of nitrogens with zero attached hydrogens (tertiary/aromatic N) is 1. The zero-order valence-corrected chi connectivity index (χ0v) is 13.6. The fourth-order valence-corrected chi connectivity index (χ4v) is 1.94. The highest BCUT2D eigenvalue weighted by Gasteiger charge is 2.06. The first-order valence-corrected chi connectivity index (χ1v) is 8.20. The highest BCUT2D eigenvalue weighted by atomic mass is 16.6. The molecule has 0 N–H and O–H groups in total. The van der Waals surface area contributed by atoms with Crippen molar-refractivity contribution in [2.24, 2.45) is 0 Å². The molecule has 4 heteroatoms. The summed E-state index contributed by atoms with van der Waals surface area (Å²) in [5.41, 5.74) is 0.246. The monoisotopic (exact) mass is 306 g/mol. The van der Waals surface area contributed by atoms with E-state index in [4.69, 9.17) is 0 Å². The summed E-state index contributed by atoms with van der Waals surface area (Å²) in [7, 11) is 0. The molecular formula is C18H28NO3. The first kappa shape index (κ1) is 20.3. The highest BCUT2D eigenvalue weighted by molar-refractivity contribution is 5.50. The molecule has 0 heterocycles. The summed E-state index contributed by atoms with van der Waals surface area (Å²) < 4.78 is 0. The quantitative estimate of drug-likeness (QED) is 0.189. The molecular weight excluding hydrogens is 278 g/mol. The fraction of sp³-hybridized carbons (Fsp3) is 0.611. The van der Waals surface area contributed by atoms with Crippen molar-refractivity contribution >= 4 is 6.29 Å². The Bertz CT molecular complexity index is 384. The second-order valence-corrected chi connectivity index (χ2v) is 5.22. The minimum atomic E-state index is -0.309. The molecule has 22 heavy (non-hydrogen) atoms. The van der Waals surface area contributed by atoms with Gasteiger partial charge in [-0.25, -0.2) is 0 Å². The Balaban J connectivity index is 3.98. The van der Waals surface area contributed by atoms with Crippen LogP contribution in [0.15, 0.2) is 36.1 Å². The number of carbonyl (C=O) groups excluding carboxylic acids is 1. The lowest BCUT2D eigenvalue weighted by atomic mass is 10.1. The molecule has 123 valence electrons. The first-order chi connectivity index (χ1) is 10.7. The van der Waals surface area contributed by atoms with Crippen molar-refractivity contribution in [3.63, 3.8) is 0 Å². The van der Waals surface area contributed by atoms with E-state index < -0.39 is 0 Å². The number of hydrogen-bond donors (Lipinski definition) is 0. The maximum atomic E-state index is 10.9. The molecule has 0 fully saturated rings. The lowest BCUT2D eigenvalue weighted by Gasteiger charge is -1.95. The second kappa shape index (κ2) is 15.7. The van der Waals surface area contributed by atoms with Crippen LogP contribution in [0.25, 0.3) is 0 Å². The Kier molecular flexibility index (Phi) is 14.5. The van der Waals surface area contributed by atoms with Crippen molar-refractivity contribution in [1.29, 1.82) is 0 Å². The lowest BCUT2D eigenvalue weighted by Crippen LogP contribution is -1.97. The Morgan fingerprint density at radius 2 is 1.73 bits per heavy atom. The van der Waals surface area contributed by atoms with Gasteiger partial charge in [0.1, 0.15) is 0 Å². The van der Waals surface area contributed by atoms with E-state index in [1.54, 1.807) is 6.08 Å². The molecule has 0 spiro atoms. The molecule has 0 aliphatic carbocycles. The van der Waals surface area contributed by atoms with Gasteiger partial charge in [0.25, 0.3) is 0 Å². The molecule has 0 aliphatic heterocycles. The van der Waals surface area contributed by atoms with Crippen molar-refractivity contribution in [3.05, 3.63) is 46.2 Å². The summed E-state index contributed by atoms with van der Waals surface area (Å²) in [5.74, 6) is 0. The van der Waals surface area contributed by atoms with E-state index >= 15 is 0 Å². The van der Waals surface area contributed by atoms with Gasteiger partial charge >= 0.3 is 0 Å². The summed E-state index contributed by atoms with van der Waals surface area (Å²) in [5, 5.41) is 10.9. The molecule has 0 amide bonds. The average molecular weight is 306 g/mol. The van der Waals surface area contributed by atoms with Crippen LogP contribution < -0.4 is 0 Å². The fourth-order valence-electron chi connectivity index (χ4n) is 1.94. The molecule has 0 aliphatic rings. The van der Waals surface area contributed by atoms with Crippen molar-refractivity contribution in [1.82, 2.24) is 0 Å². The predicted octanol–water partition coefficient (Wildman–Crippen LogP) is 5.29. The van der Waals surface area contributed by atoms with Crippen LogP contribution in [0, 0.1) is 10.1 Å². The van der Waals surface area contributed by atoms with Crippen LogP contribution in [-0.4, -0.2) is 11.2 Å². The average Bonchev–Trinajstić information content (AvgIpc) is 2.50. The molecule has 4 nitrogen and oxygen atoms in total. The second-order valence-electron chi connectivity index (χ2n) is 5.22. The van der Waals surface area contributed by atoms with Crippen molar-refractivity contribution < 1.29 is 9.72 Å². The zero-order chi connectivity index (χ0) is 16.5. The number of rotatable bonds is 14. The van der Waals surface area contributed by atoms with Gasteiger partial charge in [0.15, 0.2) is 6.29 Å². The third kappa shape index (κ3) is 13.3. The third-order valence-corrected chi connectivity index (χ3v) is 3.26. The maximum Gasteiger partial charge on any atom is 0.246 e. The molecule has 1 radical (unpaired) electrons. The van der Waals surface area contributed by atoms with Crippen LogP contribution in [-0.2, 0) is 4.79 Å². The third-order valence-electron chi connectivity index (χ3n) is 3.26. The SMILES string of the molecule is CCCCC/C=C\C/C=C(\C/C=C\CCCC[C]=O)[N+](=O)[O-]. The Hall–Kier alpha value is -1.71. The van der Waals surface area contributed by atoms with Gasteiger partial charge in [0.05, 0.1) is 11.3 Å². The van der Waals surface area contributed by atoms with Crippen molar-refractivity contribution in [2.75, 3.05) is 0 Å². The van der Waals surface area contributed by atoms with E-state index in [1.165, 1.54) is 19.3 Å². The smallest absolute Gasteiger partial charge is 0.246 e. The van der Waals surface area contributed by atoms with E-state index in [1.807, 2.05) is 24.5 Å². The van der Waals surface area contributed by atoms with Gasteiger partial charge < -0.3 is 0 Å². The number of unbranched alkanes of at least 4 members (excludes halogenated alkanes) is 6. The molecule has 0 bridgehead atoms. The molecule has 0 saturated heterocycles. The van der Waals surface area contributed by atoms with E-state index in [0.717, 1.165) is 25.7 Å². The van der Waals surface area contributed by atoms with Gasteiger partial charge in [-0.2, -0.15) is 0 Å². The molecule has 0 aromatic rings. The van der Waals surface area contributed by atoms with Crippen molar-refractivity contribution in [2.45, 2.75) is 71.1 Å². The van der Waals surface area contributed by atoms with Crippen LogP contribution in [0.5, 0.6) is 0 Å². The Morgan fingerprint density at radius 3 is 2.36 bits per heavy atom. The lowest BCUT2D eigenvalue weighted by molar-refractivity contribution is -0.427. The number of allylic oxidation sites excluding steroid dienone is 5. The highest BCUT2D eigenvalue weighted by Crippen LogP contribution is 2.08. The minimum absolute atomic E-state index is 0.246. The van der Waals surface area contributed by atoms with E-state index in [2.05, 4.69) is 13.0 Å². The van der Waals surface area contributed by atoms with Gasteiger partial charge in [-0.1, -0.05) is 44.1 Å². The number of nitro groups is 1. The van der Waals surface area contributed by atoms with Crippen LogP contribution >= 0.6 is 0 Å². The summed E-state index contributed by atoms with van der Waals surface area (Å²) in [6, 6.07) is 0. The standard InChI is InChI=1S/C18H28NO3/c1-2-3-4-5-6-9-12-15-18(19(21)22)16-13-10-7-8-11-14-17-20/h6,9-10,13,15H,2-5,7-8,11-12,14,16H2,1H3/b9-6-,13-10-,18-15+. The van der Waals surface area contributed by atoms with Crippen LogP contribution in [0.4, 0.5) is 0 Å². The zero-order valence-electron chi connectivity index (χ0n) is 13.6. The van der Waals surface area contributed by atoms with Crippen LogP contribution in [0.2, 0.25) is 0 Å². The first-order valence-electron chi connectivity index (χ1n) is 8.20. The van der Waals surface area contributed by atoms with E-state index in [-0.39, 0.29) is 10.6 Å². The maximum absolute atomic E-state index is 10.9. The molecule has 0 rings (SSSR count). The van der Waals surface area contributed by atoms with Crippen LogP contribution in [0.1, 0.15) is 71.1 Å². The minimum Gasteiger partial charge on any atom is -0.291 e. The summed E-state index contributed by atoms with van der Waals surface area (Å²) in [4.78, 5) is 20.7. The molecule has 0 atom stereocenters. The van der Waals surface area contributed by atoms with Gasteiger partial charge in [0.2, 0.25) is 5.70 Å². The predicted molar refractivity (Wildman–Crippen MR) is 90.9 cm³/mol. The van der Waals surface area contributed by atoms with Gasteiger partial charge in [-0.05, 0) is 44.6 Å². The Morgan fingerprint density at radius 1 is 1.05 bits per heavy atom. The normalized spacial score (nSPS) is 12.3. The van der Waals surface area contributed by atoms with E-state index in [0.29, 0.717) is 19.3 Å². The Labute approximate surface area is 134 Å². The van der Waals surface area contributed by atoms with Gasteiger partial charge in [-0.15, -0.1) is 0 Å². The molecule has 0 aromatic carbocycles. The largest absolute Gasteiger partial charge is 0.291 e. The summed E-state index contributed by atoms with van der Waals surface area (Å²) in [6.45, 7) is 2.17. The van der Waals surface area contributed by atoms with Gasteiger partial charge in [0, 0.05) is 6.42 Å². The molecule has 0 unspecified atom stereocenters. The summed E-state index contributed by atoms with van der Waals surface area (Å²) in [6.07, 6.45) is 20.1. The van der Waals surface area contributed by atoms with Crippen molar-refractivity contribution in [3.8, 4) is 0 Å².